The van der Waals surface area contributed by atoms with E-state index in [2.05, 4.69) is 9.71 Å². The summed E-state index contributed by atoms with van der Waals surface area (Å²) in [6.07, 6.45) is 3.06. The smallest absolute Gasteiger partial charge is 0.265 e. The van der Waals surface area contributed by atoms with Crippen LogP contribution >= 0.6 is 0 Å². The molecule has 19 heavy (non-hydrogen) atoms. The van der Waals surface area contributed by atoms with Crippen molar-refractivity contribution in [3.63, 3.8) is 0 Å². The van der Waals surface area contributed by atoms with Gasteiger partial charge in [-0.1, -0.05) is 0 Å². The number of rotatable bonds is 4. The van der Waals surface area contributed by atoms with Gasteiger partial charge in [0.2, 0.25) is 0 Å². The Kier molecular flexibility index (Phi) is 3.59. The van der Waals surface area contributed by atoms with E-state index in [0.717, 1.165) is 5.56 Å². The molecule has 3 N–H and O–H groups in total. The quantitative estimate of drug-likeness (QED) is 0.886. The van der Waals surface area contributed by atoms with Crippen LogP contribution in [0.3, 0.4) is 0 Å². The molecule has 0 fully saturated rings. The molecule has 6 nitrogen and oxygen atoms in total. The summed E-state index contributed by atoms with van der Waals surface area (Å²) in [4.78, 5) is 3.99. The van der Waals surface area contributed by atoms with Crippen molar-refractivity contribution in [3.8, 4) is 0 Å². The van der Waals surface area contributed by atoms with Gasteiger partial charge in [0.25, 0.3) is 10.0 Å². The number of hydrogen-bond donors (Lipinski definition) is 2. The summed E-state index contributed by atoms with van der Waals surface area (Å²) in [5.41, 5.74) is 6.67. The van der Waals surface area contributed by atoms with Crippen LogP contribution in [0.15, 0.2) is 33.8 Å². The van der Waals surface area contributed by atoms with Crippen molar-refractivity contribution in [2.24, 2.45) is 5.73 Å². The summed E-state index contributed by atoms with van der Waals surface area (Å²) >= 11 is 0. The second-order valence-corrected chi connectivity index (χ2v) is 5.78. The van der Waals surface area contributed by atoms with E-state index in [9.17, 15) is 8.42 Å². The Hall–Kier alpha value is -1.86. The molecule has 0 atom stereocenters. The fourth-order valence-electron chi connectivity index (χ4n) is 1.66. The summed E-state index contributed by atoms with van der Waals surface area (Å²) in [6.45, 7) is 3.54. The summed E-state index contributed by atoms with van der Waals surface area (Å²) in [5.74, 6) is 0.746. The summed E-state index contributed by atoms with van der Waals surface area (Å²) in [6, 6.07) is 3.16. The first-order chi connectivity index (χ1) is 8.94. The van der Waals surface area contributed by atoms with Crippen molar-refractivity contribution in [3.05, 3.63) is 41.6 Å². The van der Waals surface area contributed by atoms with Crippen molar-refractivity contribution in [2.45, 2.75) is 25.3 Å². The lowest BCUT2D eigenvalue weighted by atomic mass is 10.3. The van der Waals surface area contributed by atoms with E-state index in [-0.39, 0.29) is 11.4 Å². The Morgan fingerprint density at radius 1 is 1.42 bits per heavy atom. The van der Waals surface area contributed by atoms with Gasteiger partial charge >= 0.3 is 0 Å². The van der Waals surface area contributed by atoms with E-state index in [1.807, 2.05) is 0 Å². The maximum absolute atomic E-state index is 12.3. The average molecular weight is 281 g/mol. The maximum atomic E-state index is 12.3. The van der Waals surface area contributed by atoms with E-state index in [4.69, 9.17) is 10.2 Å². The molecule has 2 heterocycles. The second kappa shape index (κ2) is 5.02. The summed E-state index contributed by atoms with van der Waals surface area (Å²) < 4.78 is 32.3. The molecule has 0 aliphatic rings. The van der Waals surface area contributed by atoms with E-state index in [1.165, 1.54) is 12.3 Å². The third-order valence-corrected chi connectivity index (χ3v) is 4.17. The van der Waals surface area contributed by atoms with Gasteiger partial charge in [0.05, 0.1) is 18.4 Å². The standard InChI is InChI=1S/C12H15N3O3S/c1-8-3-4-14-7-11(8)15-19(16,17)12-5-10(6-13)18-9(12)2/h3-5,7,15H,6,13H2,1-2H3. The zero-order valence-corrected chi connectivity index (χ0v) is 11.5. The second-order valence-electron chi connectivity index (χ2n) is 4.13. The fourth-order valence-corrected chi connectivity index (χ4v) is 2.98. The Balaban J connectivity index is 2.38. The molecule has 102 valence electrons. The van der Waals surface area contributed by atoms with Crippen molar-refractivity contribution in [1.82, 2.24) is 4.98 Å². The predicted molar refractivity (Wildman–Crippen MR) is 71.1 cm³/mol. The average Bonchev–Trinajstić information content (AvgIpc) is 2.74. The molecule has 0 saturated carbocycles. The number of nitrogens with one attached hydrogen (secondary N) is 1. The Labute approximate surface area is 111 Å². The first kappa shape index (κ1) is 13.6. The van der Waals surface area contributed by atoms with Gasteiger partial charge in [0.15, 0.2) is 0 Å². The highest BCUT2D eigenvalue weighted by Crippen LogP contribution is 2.23. The molecule has 2 rings (SSSR count). The zero-order chi connectivity index (χ0) is 14.0. The van der Waals surface area contributed by atoms with Crippen LogP contribution in [-0.4, -0.2) is 13.4 Å². The highest BCUT2D eigenvalue weighted by Gasteiger charge is 2.21. The number of furan rings is 1. The van der Waals surface area contributed by atoms with Gasteiger partial charge < -0.3 is 10.2 Å². The molecule has 0 aliphatic carbocycles. The molecule has 0 saturated heterocycles. The van der Waals surface area contributed by atoms with Crippen LogP contribution in [0.2, 0.25) is 0 Å². The Morgan fingerprint density at radius 3 is 2.74 bits per heavy atom. The number of pyridine rings is 1. The van der Waals surface area contributed by atoms with Crippen LogP contribution < -0.4 is 10.5 Å². The number of aromatic nitrogens is 1. The monoisotopic (exact) mass is 281 g/mol. The first-order valence-corrected chi connectivity index (χ1v) is 7.15. The predicted octanol–water partition coefficient (Wildman–Crippen LogP) is 1.55. The molecule has 2 aromatic rings. The van der Waals surface area contributed by atoms with Crippen LogP contribution in [0.4, 0.5) is 5.69 Å². The zero-order valence-electron chi connectivity index (χ0n) is 10.7. The van der Waals surface area contributed by atoms with Gasteiger partial charge in [-0.25, -0.2) is 8.42 Å². The van der Waals surface area contributed by atoms with Crippen LogP contribution in [0.5, 0.6) is 0 Å². The molecule has 0 aromatic carbocycles. The lowest BCUT2D eigenvalue weighted by Gasteiger charge is -2.08. The van der Waals surface area contributed by atoms with Gasteiger partial charge in [-0.15, -0.1) is 0 Å². The normalized spacial score (nSPS) is 11.5. The highest BCUT2D eigenvalue weighted by atomic mass is 32.2. The number of nitrogens with zero attached hydrogens (tertiary/aromatic N) is 1. The third-order valence-electron chi connectivity index (χ3n) is 2.70. The summed E-state index contributed by atoms with van der Waals surface area (Å²) in [7, 11) is -3.70. The van der Waals surface area contributed by atoms with E-state index < -0.39 is 10.0 Å². The van der Waals surface area contributed by atoms with E-state index in [1.54, 1.807) is 26.1 Å². The molecular weight excluding hydrogens is 266 g/mol. The lowest BCUT2D eigenvalue weighted by Crippen LogP contribution is -2.14. The maximum Gasteiger partial charge on any atom is 0.265 e. The van der Waals surface area contributed by atoms with Gasteiger partial charge in [-0.3, -0.25) is 9.71 Å². The number of hydrogen-bond acceptors (Lipinski definition) is 5. The molecular formula is C12H15N3O3S. The topological polar surface area (TPSA) is 98.2 Å². The van der Waals surface area contributed by atoms with Gasteiger partial charge in [0, 0.05) is 12.3 Å². The molecule has 0 spiro atoms. The lowest BCUT2D eigenvalue weighted by molar-refractivity contribution is 0.479. The minimum atomic E-state index is -3.70. The number of sulfonamides is 1. The minimum Gasteiger partial charge on any atom is -0.464 e. The Bertz CT molecular complexity index is 692. The summed E-state index contributed by atoms with van der Waals surface area (Å²) in [5, 5.41) is 0. The molecule has 0 unspecified atom stereocenters. The van der Waals surface area contributed by atoms with Crippen LogP contribution in [0, 0.1) is 13.8 Å². The largest absolute Gasteiger partial charge is 0.464 e. The van der Waals surface area contributed by atoms with Crippen LogP contribution in [-0.2, 0) is 16.6 Å². The van der Waals surface area contributed by atoms with E-state index >= 15 is 0 Å². The van der Waals surface area contributed by atoms with Crippen molar-refractivity contribution in [2.75, 3.05) is 4.72 Å². The number of aryl methyl sites for hydroxylation is 2. The molecule has 0 bridgehead atoms. The minimum absolute atomic E-state index is 0.0937. The highest BCUT2D eigenvalue weighted by molar-refractivity contribution is 7.92. The number of nitrogens with two attached hydrogens (primary N) is 1. The first-order valence-electron chi connectivity index (χ1n) is 5.67. The molecule has 0 radical (unpaired) electrons. The fraction of sp³-hybridized carbons (Fsp3) is 0.250. The molecule has 0 aliphatic heterocycles. The third kappa shape index (κ3) is 2.77. The molecule has 7 heteroatoms. The van der Waals surface area contributed by atoms with Crippen molar-refractivity contribution < 1.29 is 12.8 Å². The molecule has 0 amide bonds. The van der Waals surface area contributed by atoms with Crippen molar-refractivity contribution >= 4 is 15.7 Å². The van der Waals surface area contributed by atoms with Crippen LogP contribution in [0.1, 0.15) is 17.1 Å². The van der Waals surface area contributed by atoms with Gasteiger partial charge in [-0.05, 0) is 25.5 Å². The van der Waals surface area contributed by atoms with Gasteiger partial charge in [0.1, 0.15) is 16.4 Å². The number of anilines is 1. The van der Waals surface area contributed by atoms with Crippen molar-refractivity contribution in [1.29, 1.82) is 0 Å². The Morgan fingerprint density at radius 2 is 2.16 bits per heavy atom. The van der Waals surface area contributed by atoms with E-state index in [0.29, 0.717) is 17.2 Å². The SMILES string of the molecule is Cc1ccncc1NS(=O)(=O)c1cc(CN)oc1C. The molecule has 2 aromatic heterocycles. The van der Waals surface area contributed by atoms with Crippen LogP contribution in [0.25, 0.3) is 0 Å². The van der Waals surface area contributed by atoms with Gasteiger partial charge in [-0.2, -0.15) is 0 Å².